The van der Waals surface area contributed by atoms with Crippen LogP contribution in [0.2, 0.25) is 5.15 Å². The van der Waals surface area contributed by atoms with Crippen molar-refractivity contribution in [3.8, 4) is 5.82 Å². The van der Waals surface area contributed by atoms with E-state index in [0.29, 0.717) is 5.15 Å². The van der Waals surface area contributed by atoms with E-state index in [0.717, 1.165) is 29.2 Å². The van der Waals surface area contributed by atoms with E-state index in [1.165, 1.54) is 0 Å². The molecular formula is C11H13ClN4. The van der Waals surface area contributed by atoms with Gasteiger partial charge in [0.1, 0.15) is 11.0 Å². The Morgan fingerprint density at radius 3 is 2.62 bits per heavy atom. The Hall–Kier alpha value is -1.42. The Bertz CT molecular complexity index is 519. The lowest BCUT2D eigenvalue weighted by Crippen LogP contribution is -2.06. The molecule has 0 fully saturated rings. The van der Waals surface area contributed by atoms with Gasteiger partial charge in [0, 0.05) is 18.2 Å². The zero-order chi connectivity index (χ0) is 11.7. The van der Waals surface area contributed by atoms with Crippen LogP contribution in [0.3, 0.4) is 0 Å². The SMILES string of the molecule is CCc1nc(Cl)c(C)c(-n2cc(C)cn2)n1. The number of aryl methyl sites for hydroxylation is 2. The number of halogens is 1. The number of aromatic nitrogens is 4. The molecule has 0 atom stereocenters. The molecule has 0 unspecified atom stereocenters. The van der Waals surface area contributed by atoms with Gasteiger partial charge >= 0.3 is 0 Å². The maximum absolute atomic E-state index is 6.06. The van der Waals surface area contributed by atoms with Crippen LogP contribution >= 0.6 is 11.6 Å². The quantitative estimate of drug-likeness (QED) is 0.753. The summed E-state index contributed by atoms with van der Waals surface area (Å²) >= 11 is 6.06. The molecule has 0 radical (unpaired) electrons. The van der Waals surface area contributed by atoms with Gasteiger partial charge in [-0.2, -0.15) is 5.10 Å². The molecule has 0 saturated heterocycles. The highest BCUT2D eigenvalue weighted by molar-refractivity contribution is 6.30. The maximum Gasteiger partial charge on any atom is 0.161 e. The van der Waals surface area contributed by atoms with Crippen LogP contribution in [0.25, 0.3) is 5.82 Å². The van der Waals surface area contributed by atoms with E-state index in [2.05, 4.69) is 15.1 Å². The van der Waals surface area contributed by atoms with Gasteiger partial charge in [-0.25, -0.2) is 14.6 Å². The lowest BCUT2D eigenvalue weighted by Gasteiger charge is -2.07. The minimum absolute atomic E-state index is 0.495. The smallest absolute Gasteiger partial charge is 0.161 e. The van der Waals surface area contributed by atoms with Crippen LogP contribution < -0.4 is 0 Å². The molecule has 0 aromatic carbocycles. The summed E-state index contributed by atoms with van der Waals surface area (Å²) in [5.74, 6) is 1.49. The monoisotopic (exact) mass is 236 g/mol. The molecular weight excluding hydrogens is 224 g/mol. The van der Waals surface area contributed by atoms with Gasteiger partial charge in [-0.15, -0.1) is 0 Å². The third-order valence-corrected chi connectivity index (χ3v) is 2.72. The lowest BCUT2D eigenvalue weighted by atomic mass is 10.3. The number of rotatable bonds is 2. The van der Waals surface area contributed by atoms with Crippen molar-refractivity contribution in [3.05, 3.63) is 34.5 Å². The van der Waals surface area contributed by atoms with Crippen LogP contribution in [0.1, 0.15) is 23.9 Å². The van der Waals surface area contributed by atoms with Crippen molar-refractivity contribution < 1.29 is 0 Å². The van der Waals surface area contributed by atoms with Crippen LogP contribution in [0, 0.1) is 13.8 Å². The number of hydrogen-bond acceptors (Lipinski definition) is 3. The summed E-state index contributed by atoms with van der Waals surface area (Å²) in [7, 11) is 0. The summed E-state index contributed by atoms with van der Waals surface area (Å²) in [5.41, 5.74) is 1.94. The van der Waals surface area contributed by atoms with Crippen molar-refractivity contribution in [2.24, 2.45) is 0 Å². The molecule has 0 aliphatic heterocycles. The zero-order valence-electron chi connectivity index (χ0n) is 9.53. The summed E-state index contributed by atoms with van der Waals surface area (Å²) < 4.78 is 1.73. The highest BCUT2D eigenvalue weighted by Gasteiger charge is 2.10. The Balaban J connectivity index is 2.59. The molecule has 4 nitrogen and oxygen atoms in total. The summed E-state index contributed by atoms with van der Waals surface area (Å²) in [6.45, 7) is 5.88. The fraction of sp³-hybridized carbons (Fsp3) is 0.364. The van der Waals surface area contributed by atoms with E-state index >= 15 is 0 Å². The molecule has 84 valence electrons. The molecule has 0 amide bonds. The van der Waals surface area contributed by atoms with Gasteiger partial charge < -0.3 is 0 Å². The van der Waals surface area contributed by atoms with Gasteiger partial charge in [-0.05, 0) is 19.4 Å². The van der Waals surface area contributed by atoms with Gasteiger partial charge in [0.2, 0.25) is 0 Å². The summed E-state index contributed by atoms with van der Waals surface area (Å²) in [6.07, 6.45) is 4.47. The molecule has 0 spiro atoms. The molecule has 0 aliphatic rings. The first-order chi connectivity index (χ1) is 7.61. The molecule has 0 saturated carbocycles. The van der Waals surface area contributed by atoms with E-state index in [1.54, 1.807) is 10.9 Å². The Kier molecular flexibility index (Phi) is 2.92. The standard InChI is InChI=1S/C11H13ClN4/c1-4-9-14-10(12)8(3)11(15-9)16-6-7(2)5-13-16/h5-6H,4H2,1-3H3. The van der Waals surface area contributed by atoms with Gasteiger partial charge in [-0.1, -0.05) is 18.5 Å². The Morgan fingerprint density at radius 1 is 1.31 bits per heavy atom. The molecule has 2 aromatic heterocycles. The van der Waals surface area contributed by atoms with E-state index in [-0.39, 0.29) is 0 Å². The first-order valence-corrected chi connectivity index (χ1v) is 5.54. The number of nitrogens with zero attached hydrogens (tertiary/aromatic N) is 4. The molecule has 2 heterocycles. The molecule has 0 bridgehead atoms. The van der Waals surface area contributed by atoms with Gasteiger partial charge in [0.15, 0.2) is 5.82 Å². The molecule has 2 rings (SSSR count). The second kappa shape index (κ2) is 4.22. The average molecular weight is 237 g/mol. The van der Waals surface area contributed by atoms with E-state index in [1.807, 2.05) is 27.0 Å². The highest BCUT2D eigenvalue weighted by Crippen LogP contribution is 2.19. The fourth-order valence-electron chi connectivity index (χ4n) is 1.43. The lowest BCUT2D eigenvalue weighted by molar-refractivity contribution is 0.802. The van der Waals surface area contributed by atoms with Crippen molar-refractivity contribution in [2.75, 3.05) is 0 Å². The van der Waals surface area contributed by atoms with E-state index < -0.39 is 0 Å². The minimum Gasteiger partial charge on any atom is -0.222 e. The van der Waals surface area contributed by atoms with Crippen LogP contribution in [0.4, 0.5) is 0 Å². The average Bonchev–Trinajstić information content (AvgIpc) is 2.68. The van der Waals surface area contributed by atoms with Crippen LogP contribution in [-0.2, 0) is 6.42 Å². The highest BCUT2D eigenvalue weighted by atomic mass is 35.5. The van der Waals surface area contributed by atoms with Crippen molar-refractivity contribution in [1.29, 1.82) is 0 Å². The first kappa shape index (κ1) is 11.1. The van der Waals surface area contributed by atoms with Crippen molar-refractivity contribution in [2.45, 2.75) is 27.2 Å². The topological polar surface area (TPSA) is 43.6 Å². The first-order valence-electron chi connectivity index (χ1n) is 5.16. The van der Waals surface area contributed by atoms with Gasteiger partial charge in [0.25, 0.3) is 0 Å². The zero-order valence-corrected chi connectivity index (χ0v) is 10.3. The second-order valence-electron chi connectivity index (χ2n) is 3.70. The Labute approximate surface area is 99.3 Å². The fourth-order valence-corrected chi connectivity index (χ4v) is 1.61. The third-order valence-electron chi connectivity index (χ3n) is 2.35. The van der Waals surface area contributed by atoms with Gasteiger partial charge in [-0.3, -0.25) is 0 Å². The summed E-state index contributed by atoms with van der Waals surface area (Å²) in [6, 6.07) is 0. The predicted octanol–water partition coefficient (Wildman–Crippen LogP) is 2.49. The molecule has 2 aromatic rings. The van der Waals surface area contributed by atoms with Crippen LogP contribution in [0.15, 0.2) is 12.4 Å². The molecule has 0 N–H and O–H groups in total. The van der Waals surface area contributed by atoms with Crippen LogP contribution in [-0.4, -0.2) is 19.7 Å². The summed E-state index contributed by atoms with van der Waals surface area (Å²) in [5, 5.41) is 4.73. The molecule has 0 aliphatic carbocycles. The van der Waals surface area contributed by atoms with Gasteiger partial charge in [0.05, 0.1) is 6.20 Å². The largest absolute Gasteiger partial charge is 0.222 e. The Morgan fingerprint density at radius 2 is 2.06 bits per heavy atom. The second-order valence-corrected chi connectivity index (χ2v) is 4.05. The van der Waals surface area contributed by atoms with E-state index in [9.17, 15) is 0 Å². The van der Waals surface area contributed by atoms with Crippen LogP contribution in [0.5, 0.6) is 0 Å². The molecule has 16 heavy (non-hydrogen) atoms. The van der Waals surface area contributed by atoms with Crippen molar-refractivity contribution in [1.82, 2.24) is 19.7 Å². The minimum atomic E-state index is 0.495. The number of hydrogen-bond donors (Lipinski definition) is 0. The normalized spacial score (nSPS) is 10.8. The van der Waals surface area contributed by atoms with E-state index in [4.69, 9.17) is 11.6 Å². The van der Waals surface area contributed by atoms with Crippen molar-refractivity contribution in [3.63, 3.8) is 0 Å². The predicted molar refractivity (Wildman–Crippen MR) is 63.0 cm³/mol. The summed E-state index contributed by atoms with van der Waals surface area (Å²) in [4.78, 5) is 8.64. The molecule has 5 heteroatoms. The van der Waals surface area contributed by atoms with Crippen molar-refractivity contribution >= 4 is 11.6 Å². The maximum atomic E-state index is 6.06. The third kappa shape index (κ3) is 1.93.